The zero-order chi connectivity index (χ0) is 13.0. The van der Waals surface area contributed by atoms with E-state index in [1.807, 2.05) is 30.3 Å². The van der Waals surface area contributed by atoms with E-state index >= 15 is 0 Å². The van der Waals surface area contributed by atoms with Crippen molar-refractivity contribution in [2.75, 3.05) is 7.11 Å². The first-order valence-electron chi connectivity index (χ1n) is 5.85. The zero-order valence-electron chi connectivity index (χ0n) is 10.2. The Bertz CT molecular complexity index is 491. The second-order valence-electron chi connectivity index (χ2n) is 4.12. The molecule has 94 valence electrons. The van der Waals surface area contributed by atoms with E-state index in [-0.39, 0.29) is 5.91 Å². The fraction of sp³-hybridized carbons (Fsp3) is 0.286. The van der Waals surface area contributed by atoms with E-state index in [1.165, 1.54) is 7.11 Å². The van der Waals surface area contributed by atoms with Gasteiger partial charge in [-0.15, -0.1) is 0 Å². The fourth-order valence-electron chi connectivity index (χ4n) is 1.86. The number of esters is 1. The Balaban J connectivity index is 1.95. The number of carbonyl (C=O) groups is 2. The number of hydrogen-bond acceptors (Lipinski definition) is 3. The van der Waals surface area contributed by atoms with Crippen molar-refractivity contribution in [2.45, 2.75) is 19.4 Å². The van der Waals surface area contributed by atoms with Crippen LogP contribution in [-0.2, 0) is 20.9 Å². The Morgan fingerprint density at radius 2 is 1.83 bits per heavy atom. The third-order valence-electron chi connectivity index (χ3n) is 2.99. The second-order valence-corrected chi connectivity index (χ2v) is 4.12. The van der Waals surface area contributed by atoms with E-state index in [9.17, 15) is 9.59 Å². The van der Waals surface area contributed by atoms with E-state index in [0.717, 1.165) is 5.56 Å². The van der Waals surface area contributed by atoms with Gasteiger partial charge in [-0.1, -0.05) is 30.3 Å². The average Bonchev–Trinajstić information content (AvgIpc) is 2.36. The number of benzene rings is 1. The third kappa shape index (κ3) is 2.59. The molecular formula is C14H15NO3. The van der Waals surface area contributed by atoms with Crippen molar-refractivity contribution in [1.82, 2.24) is 5.32 Å². The number of carbonyl (C=O) groups excluding carboxylic acids is 2. The van der Waals surface area contributed by atoms with Crippen molar-refractivity contribution in [3.8, 4) is 0 Å². The topological polar surface area (TPSA) is 55.4 Å². The van der Waals surface area contributed by atoms with E-state index in [4.69, 9.17) is 0 Å². The Morgan fingerprint density at radius 1 is 1.17 bits per heavy atom. The summed E-state index contributed by atoms with van der Waals surface area (Å²) in [4.78, 5) is 23.2. The smallest absolute Gasteiger partial charge is 0.334 e. The second kappa shape index (κ2) is 5.49. The Kier molecular flexibility index (Phi) is 3.77. The van der Waals surface area contributed by atoms with Gasteiger partial charge in [0.2, 0.25) is 5.91 Å². The molecule has 4 heteroatoms. The first-order chi connectivity index (χ1) is 8.72. The lowest BCUT2D eigenvalue weighted by atomic mass is 9.88. The molecule has 0 bridgehead atoms. The summed E-state index contributed by atoms with van der Waals surface area (Å²) in [5.74, 6) is -0.573. The van der Waals surface area contributed by atoms with Gasteiger partial charge in [0.15, 0.2) is 0 Å². The maximum atomic E-state index is 11.9. The van der Waals surface area contributed by atoms with Crippen LogP contribution in [0.4, 0.5) is 0 Å². The Hall–Kier alpha value is -2.10. The summed E-state index contributed by atoms with van der Waals surface area (Å²) in [6, 6.07) is 9.65. The molecule has 1 aromatic carbocycles. The highest BCUT2D eigenvalue weighted by Gasteiger charge is 2.28. The summed E-state index contributed by atoms with van der Waals surface area (Å²) >= 11 is 0. The molecule has 0 saturated carbocycles. The molecule has 0 fully saturated rings. The monoisotopic (exact) mass is 245 g/mol. The SMILES string of the molecule is COC(=O)C1=C(C(=O)NCc2ccccc2)CC1. The molecule has 2 rings (SSSR count). The first-order valence-corrected chi connectivity index (χ1v) is 5.85. The Morgan fingerprint density at radius 3 is 2.39 bits per heavy atom. The van der Waals surface area contributed by atoms with Crippen molar-refractivity contribution < 1.29 is 14.3 Å². The van der Waals surface area contributed by atoms with Crippen LogP contribution in [0.1, 0.15) is 18.4 Å². The van der Waals surface area contributed by atoms with Crippen LogP contribution >= 0.6 is 0 Å². The van der Waals surface area contributed by atoms with Crippen molar-refractivity contribution in [2.24, 2.45) is 0 Å². The van der Waals surface area contributed by atoms with Crippen LogP contribution in [0.2, 0.25) is 0 Å². The summed E-state index contributed by atoms with van der Waals surface area (Å²) in [5, 5.41) is 2.81. The minimum absolute atomic E-state index is 0.175. The number of nitrogens with one attached hydrogen (secondary N) is 1. The van der Waals surface area contributed by atoms with Crippen LogP contribution in [0.3, 0.4) is 0 Å². The van der Waals surface area contributed by atoms with Gasteiger partial charge < -0.3 is 10.1 Å². The van der Waals surface area contributed by atoms with E-state index in [1.54, 1.807) is 0 Å². The summed E-state index contributed by atoms with van der Waals surface area (Å²) in [6.07, 6.45) is 1.27. The molecule has 1 aliphatic carbocycles. The van der Waals surface area contributed by atoms with Crippen LogP contribution in [-0.4, -0.2) is 19.0 Å². The van der Waals surface area contributed by atoms with Gasteiger partial charge in [-0.25, -0.2) is 4.79 Å². The summed E-state index contributed by atoms with van der Waals surface area (Å²) in [7, 11) is 1.33. The molecule has 0 spiro atoms. The molecule has 0 aromatic heterocycles. The van der Waals surface area contributed by atoms with Crippen LogP contribution in [0.5, 0.6) is 0 Å². The van der Waals surface area contributed by atoms with Crippen LogP contribution in [0.15, 0.2) is 41.5 Å². The quantitative estimate of drug-likeness (QED) is 0.819. The van der Waals surface area contributed by atoms with Gasteiger partial charge in [0.1, 0.15) is 0 Å². The van der Waals surface area contributed by atoms with Crippen LogP contribution in [0.25, 0.3) is 0 Å². The predicted molar refractivity (Wildman–Crippen MR) is 66.6 cm³/mol. The zero-order valence-corrected chi connectivity index (χ0v) is 10.2. The molecule has 0 unspecified atom stereocenters. The molecule has 0 atom stereocenters. The van der Waals surface area contributed by atoms with Gasteiger partial charge in [0.05, 0.1) is 7.11 Å². The summed E-state index contributed by atoms with van der Waals surface area (Å²) in [5.41, 5.74) is 2.09. The van der Waals surface area contributed by atoms with Crippen LogP contribution in [0, 0.1) is 0 Å². The third-order valence-corrected chi connectivity index (χ3v) is 2.99. The average molecular weight is 245 g/mol. The normalized spacial score (nSPS) is 13.8. The molecule has 0 saturated heterocycles. The summed E-state index contributed by atoms with van der Waals surface area (Å²) < 4.78 is 4.62. The molecule has 0 aliphatic heterocycles. The number of ether oxygens (including phenoxy) is 1. The van der Waals surface area contributed by atoms with Gasteiger partial charge in [-0.2, -0.15) is 0 Å². The molecule has 0 heterocycles. The summed E-state index contributed by atoms with van der Waals surface area (Å²) in [6.45, 7) is 0.470. The molecule has 1 amide bonds. The van der Waals surface area contributed by atoms with Crippen molar-refractivity contribution in [3.63, 3.8) is 0 Å². The molecule has 1 N–H and O–H groups in total. The largest absolute Gasteiger partial charge is 0.466 e. The van der Waals surface area contributed by atoms with Gasteiger partial charge in [-0.3, -0.25) is 4.79 Å². The van der Waals surface area contributed by atoms with Gasteiger partial charge in [-0.05, 0) is 18.4 Å². The maximum Gasteiger partial charge on any atom is 0.334 e. The standard InChI is InChI=1S/C14H15NO3/c1-18-14(17)12-8-7-11(12)13(16)15-9-10-5-3-2-4-6-10/h2-6H,7-9H2,1H3,(H,15,16). The number of hydrogen-bond donors (Lipinski definition) is 1. The van der Waals surface area contributed by atoms with Crippen molar-refractivity contribution >= 4 is 11.9 Å². The highest BCUT2D eigenvalue weighted by atomic mass is 16.5. The highest BCUT2D eigenvalue weighted by Crippen LogP contribution is 2.28. The van der Waals surface area contributed by atoms with Gasteiger partial charge >= 0.3 is 5.97 Å². The first kappa shape index (κ1) is 12.4. The van der Waals surface area contributed by atoms with E-state index < -0.39 is 5.97 Å². The molecule has 1 aromatic rings. The minimum Gasteiger partial charge on any atom is -0.466 e. The maximum absolute atomic E-state index is 11.9. The van der Waals surface area contributed by atoms with E-state index in [2.05, 4.69) is 10.1 Å². The lowest BCUT2D eigenvalue weighted by Crippen LogP contribution is -2.30. The van der Waals surface area contributed by atoms with Gasteiger partial charge in [0.25, 0.3) is 0 Å². The number of amides is 1. The molecule has 4 nitrogen and oxygen atoms in total. The van der Waals surface area contributed by atoms with Crippen LogP contribution < -0.4 is 5.32 Å². The number of methoxy groups -OCH3 is 1. The predicted octanol–water partition coefficient (Wildman–Crippen LogP) is 1.57. The van der Waals surface area contributed by atoms with Gasteiger partial charge in [0, 0.05) is 17.7 Å². The molecule has 0 radical (unpaired) electrons. The lowest BCUT2D eigenvalue weighted by Gasteiger charge is -2.21. The van der Waals surface area contributed by atoms with Crippen molar-refractivity contribution in [3.05, 3.63) is 47.0 Å². The minimum atomic E-state index is -0.397. The molecular weight excluding hydrogens is 230 g/mol. The molecule has 18 heavy (non-hydrogen) atoms. The highest BCUT2D eigenvalue weighted by molar-refractivity contribution is 6.05. The lowest BCUT2D eigenvalue weighted by molar-refractivity contribution is -0.137. The van der Waals surface area contributed by atoms with E-state index in [0.29, 0.717) is 30.5 Å². The number of rotatable bonds is 4. The fourth-order valence-corrected chi connectivity index (χ4v) is 1.86. The molecule has 1 aliphatic rings. The Labute approximate surface area is 106 Å². The van der Waals surface area contributed by atoms with Crippen molar-refractivity contribution in [1.29, 1.82) is 0 Å².